The number of anilines is 1. The molecular formula is C21H17N3O4S. The van der Waals surface area contributed by atoms with Crippen molar-refractivity contribution in [3.63, 3.8) is 0 Å². The van der Waals surface area contributed by atoms with Crippen LogP contribution in [0.25, 0.3) is 6.08 Å². The number of non-ortho nitro benzene ring substituents is 1. The number of carbonyl (C=O) groups excluding carboxylic acids is 2. The van der Waals surface area contributed by atoms with Crippen LogP contribution in [0, 0.1) is 17.0 Å². The molecule has 3 rings (SSSR count). The second-order valence-electron chi connectivity index (χ2n) is 6.16. The lowest BCUT2D eigenvalue weighted by atomic mass is 10.1. The van der Waals surface area contributed by atoms with Crippen LogP contribution in [-0.4, -0.2) is 16.7 Å². The number of hydrogen-bond acceptors (Lipinski definition) is 5. The van der Waals surface area contributed by atoms with Crippen LogP contribution in [0.1, 0.15) is 20.8 Å². The molecule has 0 saturated heterocycles. The zero-order valence-electron chi connectivity index (χ0n) is 15.4. The van der Waals surface area contributed by atoms with Crippen molar-refractivity contribution in [2.24, 2.45) is 0 Å². The zero-order valence-corrected chi connectivity index (χ0v) is 16.2. The summed E-state index contributed by atoms with van der Waals surface area (Å²) in [5.74, 6) is -0.971. The van der Waals surface area contributed by atoms with E-state index in [2.05, 4.69) is 10.6 Å². The molecule has 0 aliphatic heterocycles. The van der Waals surface area contributed by atoms with E-state index in [1.807, 2.05) is 19.1 Å². The number of carbonyl (C=O) groups is 2. The number of nitro groups is 1. The van der Waals surface area contributed by atoms with E-state index >= 15 is 0 Å². The van der Waals surface area contributed by atoms with Crippen molar-refractivity contribution in [1.29, 1.82) is 0 Å². The van der Waals surface area contributed by atoms with Gasteiger partial charge >= 0.3 is 0 Å². The summed E-state index contributed by atoms with van der Waals surface area (Å²) in [5.41, 5.74) is 1.89. The molecule has 0 aliphatic rings. The average Bonchev–Trinajstić information content (AvgIpc) is 3.24. The highest BCUT2D eigenvalue weighted by Gasteiger charge is 2.16. The van der Waals surface area contributed by atoms with E-state index in [9.17, 15) is 19.7 Å². The lowest BCUT2D eigenvalue weighted by Gasteiger charge is -2.11. The molecule has 1 aromatic heterocycles. The Hall–Kier alpha value is -3.78. The lowest BCUT2D eigenvalue weighted by molar-refractivity contribution is -0.384. The molecule has 2 aromatic carbocycles. The Balaban J connectivity index is 1.91. The topological polar surface area (TPSA) is 101 Å². The Labute approximate surface area is 170 Å². The van der Waals surface area contributed by atoms with Gasteiger partial charge in [-0.1, -0.05) is 35.9 Å². The van der Waals surface area contributed by atoms with Crippen molar-refractivity contribution in [3.8, 4) is 0 Å². The monoisotopic (exact) mass is 407 g/mol. The van der Waals surface area contributed by atoms with Gasteiger partial charge in [-0.3, -0.25) is 19.7 Å². The summed E-state index contributed by atoms with van der Waals surface area (Å²) in [5, 5.41) is 18.1. The van der Waals surface area contributed by atoms with Gasteiger partial charge in [-0.2, -0.15) is 0 Å². The summed E-state index contributed by atoms with van der Waals surface area (Å²) >= 11 is 1.24. The van der Waals surface area contributed by atoms with Gasteiger partial charge in [0, 0.05) is 17.8 Å². The van der Waals surface area contributed by atoms with E-state index in [0.29, 0.717) is 16.1 Å². The minimum atomic E-state index is -0.537. The Morgan fingerprint density at radius 3 is 2.48 bits per heavy atom. The maximum atomic E-state index is 12.8. The summed E-state index contributed by atoms with van der Waals surface area (Å²) < 4.78 is 0. The van der Waals surface area contributed by atoms with E-state index in [4.69, 9.17) is 0 Å². The Morgan fingerprint density at radius 1 is 1.07 bits per heavy atom. The second kappa shape index (κ2) is 8.94. The van der Waals surface area contributed by atoms with Crippen molar-refractivity contribution in [2.45, 2.75) is 6.92 Å². The maximum Gasteiger partial charge on any atom is 0.272 e. The molecule has 3 aromatic rings. The van der Waals surface area contributed by atoms with E-state index in [1.54, 1.807) is 35.7 Å². The molecule has 1 heterocycles. The third-order valence-corrected chi connectivity index (χ3v) is 4.81. The molecule has 0 spiro atoms. The first-order valence-corrected chi connectivity index (χ1v) is 9.49. The van der Waals surface area contributed by atoms with Crippen LogP contribution in [0.4, 0.5) is 11.4 Å². The van der Waals surface area contributed by atoms with E-state index in [-0.39, 0.29) is 11.4 Å². The summed E-state index contributed by atoms with van der Waals surface area (Å²) in [7, 11) is 0. The Morgan fingerprint density at radius 2 is 1.83 bits per heavy atom. The predicted octanol–water partition coefficient (Wildman–Crippen LogP) is 4.37. The van der Waals surface area contributed by atoms with Gasteiger partial charge in [0.15, 0.2) is 0 Å². The SMILES string of the molecule is Cc1ccc(NC(=O)/C(=C/c2cccc([N+](=O)[O-])c2)NC(=O)c2cccs2)cc1. The number of hydrogen-bond donors (Lipinski definition) is 2. The first-order chi connectivity index (χ1) is 13.9. The first kappa shape index (κ1) is 20.0. The van der Waals surface area contributed by atoms with Gasteiger partial charge < -0.3 is 10.6 Å². The lowest BCUT2D eigenvalue weighted by Crippen LogP contribution is -2.30. The molecule has 8 heteroatoms. The van der Waals surface area contributed by atoms with Crippen LogP contribution >= 0.6 is 11.3 Å². The highest BCUT2D eigenvalue weighted by Crippen LogP contribution is 2.17. The van der Waals surface area contributed by atoms with Crippen LogP contribution in [-0.2, 0) is 4.79 Å². The van der Waals surface area contributed by atoms with Gasteiger partial charge in [0.05, 0.1) is 9.80 Å². The molecule has 2 N–H and O–H groups in total. The smallest absolute Gasteiger partial charge is 0.272 e. The summed E-state index contributed by atoms with van der Waals surface area (Å²) in [4.78, 5) is 36.2. The molecule has 0 atom stereocenters. The molecule has 7 nitrogen and oxygen atoms in total. The Kier molecular flexibility index (Phi) is 6.16. The van der Waals surface area contributed by atoms with Crippen molar-refractivity contribution >= 4 is 40.6 Å². The van der Waals surface area contributed by atoms with Crippen molar-refractivity contribution in [3.05, 3.63) is 97.9 Å². The summed E-state index contributed by atoms with van der Waals surface area (Å²) in [6, 6.07) is 16.4. The fraction of sp³-hybridized carbons (Fsp3) is 0.0476. The van der Waals surface area contributed by atoms with Gasteiger partial charge in [-0.05, 0) is 42.1 Å². The van der Waals surface area contributed by atoms with E-state index in [0.717, 1.165) is 5.56 Å². The number of amides is 2. The fourth-order valence-corrected chi connectivity index (χ4v) is 3.10. The number of nitrogens with zero attached hydrogens (tertiary/aromatic N) is 1. The van der Waals surface area contributed by atoms with Crippen molar-refractivity contribution in [1.82, 2.24) is 5.32 Å². The maximum absolute atomic E-state index is 12.8. The molecule has 0 fully saturated rings. The molecule has 29 heavy (non-hydrogen) atoms. The largest absolute Gasteiger partial charge is 0.321 e. The number of rotatable bonds is 6. The van der Waals surface area contributed by atoms with Crippen LogP contribution in [0.2, 0.25) is 0 Å². The summed E-state index contributed by atoms with van der Waals surface area (Å²) in [6.07, 6.45) is 1.40. The fourth-order valence-electron chi connectivity index (χ4n) is 2.48. The van der Waals surface area contributed by atoms with E-state index < -0.39 is 16.7 Å². The number of thiophene rings is 1. The predicted molar refractivity (Wildman–Crippen MR) is 113 cm³/mol. The van der Waals surface area contributed by atoms with Gasteiger partial charge in [-0.15, -0.1) is 11.3 Å². The average molecular weight is 407 g/mol. The molecule has 0 unspecified atom stereocenters. The molecule has 0 bridgehead atoms. The summed E-state index contributed by atoms with van der Waals surface area (Å²) in [6.45, 7) is 1.93. The third kappa shape index (κ3) is 5.36. The van der Waals surface area contributed by atoms with Gasteiger partial charge in [0.25, 0.3) is 17.5 Å². The van der Waals surface area contributed by atoms with E-state index in [1.165, 1.54) is 35.6 Å². The highest BCUT2D eigenvalue weighted by atomic mass is 32.1. The van der Waals surface area contributed by atoms with Crippen LogP contribution in [0.3, 0.4) is 0 Å². The van der Waals surface area contributed by atoms with Crippen LogP contribution in [0.5, 0.6) is 0 Å². The van der Waals surface area contributed by atoms with Crippen LogP contribution < -0.4 is 10.6 Å². The first-order valence-electron chi connectivity index (χ1n) is 8.61. The quantitative estimate of drug-likeness (QED) is 0.360. The van der Waals surface area contributed by atoms with Gasteiger partial charge in [0.1, 0.15) is 5.70 Å². The van der Waals surface area contributed by atoms with Crippen molar-refractivity contribution in [2.75, 3.05) is 5.32 Å². The standard InChI is InChI=1S/C21H17N3O4S/c1-14-7-9-16(10-8-14)22-20(25)18(23-21(26)19-6-3-11-29-19)13-15-4-2-5-17(12-15)24(27)28/h2-13H,1H3,(H,22,25)(H,23,26)/b18-13-. The molecule has 0 radical (unpaired) electrons. The molecule has 0 saturated carbocycles. The zero-order chi connectivity index (χ0) is 20.8. The second-order valence-corrected chi connectivity index (χ2v) is 7.11. The third-order valence-electron chi connectivity index (χ3n) is 3.94. The number of aryl methyl sites for hydroxylation is 1. The number of nitrogens with one attached hydrogen (secondary N) is 2. The number of benzene rings is 2. The van der Waals surface area contributed by atoms with Gasteiger partial charge in [-0.25, -0.2) is 0 Å². The number of nitro benzene ring substituents is 1. The normalized spacial score (nSPS) is 11.0. The molecular weight excluding hydrogens is 390 g/mol. The van der Waals surface area contributed by atoms with Gasteiger partial charge in [0.2, 0.25) is 0 Å². The van der Waals surface area contributed by atoms with Crippen LogP contribution in [0.15, 0.2) is 71.7 Å². The molecule has 146 valence electrons. The minimum absolute atomic E-state index is 0.0236. The van der Waals surface area contributed by atoms with Crippen molar-refractivity contribution < 1.29 is 14.5 Å². The minimum Gasteiger partial charge on any atom is -0.321 e. The molecule has 0 aliphatic carbocycles. The highest BCUT2D eigenvalue weighted by molar-refractivity contribution is 7.12. The Bertz CT molecular complexity index is 1070. The molecule has 2 amide bonds.